The number of aryl methyl sites for hydroxylation is 2. The molecule has 2 heterocycles. The first-order chi connectivity index (χ1) is 12.0. The molecule has 1 fully saturated rings. The lowest BCUT2D eigenvalue weighted by Crippen LogP contribution is -2.31. The van der Waals surface area contributed by atoms with Crippen LogP contribution >= 0.6 is 0 Å². The Morgan fingerprint density at radius 1 is 0.960 bits per heavy atom. The highest BCUT2D eigenvalue weighted by Gasteiger charge is 2.47. The number of likely N-dealkylation sites (tertiary alicyclic amines) is 1. The average molecular weight is 337 g/mol. The third-order valence-electron chi connectivity index (χ3n) is 5.37. The number of rotatable bonds is 2. The Hall–Kier alpha value is -2.69. The smallest absolute Gasteiger partial charge is 0.336 e. The standard InChI is InChI=1S/C20H19NO4/c1-11-7-16-13(9-18(22)25-17(16)8-12(11)2)10-21-19(23)14-5-3-4-6-15(14)20(21)24/h3-4,7-9,14-15H,5-6,10H2,1-2H3/t14-,15-/m0/s1. The summed E-state index contributed by atoms with van der Waals surface area (Å²) in [6, 6.07) is 5.16. The third kappa shape index (κ3) is 2.51. The number of carbonyl (C=O) groups is 2. The zero-order valence-electron chi connectivity index (χ0n) is 14.2. The molecule has 128 valence electrons. The molecule has 2 atom stereocenters. The van der Waals surface area contributed by atoms with E-state index in [0.29, 0.717) is 24.0 Å². The summed E-state index contributed by atoms with van der Waals surface area (Å²) < 4.78 is 5.30. The normalized spacial score (nSPS) is 22.7. The molecule has 1 aliphatic carbocycles. The Kier molecular flexibility index (Phi) is 3.60. The summed E-state index contributed by atoms with van der Waals surface area (Å²) in [7, 11) is 0. The minimum atomic E-state index is -0.469. The van der Waals surface area contributed by atoms with Crippen molar-refractivity contribution in [2.24, 2.45) is 11.8 Å². The molecule has 1 saturated heterocycles. The average Bonchev–Trinajstić information content (AvgIpc) is 2.82. The third-order valence-corrected chi connectivity index (χ3v) is 5.37. The van der Waals surface area contributed by atoms with Crippen molar-refractivity contribution in [3.05, 3.63) is 57.5 Å². The van der Waals surface area contributed by atoms with Crippen LogP contribution in [0.2, 0.25) is 0 Å². The number of benzene rings is 1. The largest absolute Gasteiger partial charge is 0.423 e. The molecule has 2 amide bonds. The SMILES string of the molecule is Cc1cc2oc(=O)cc(CN3C(=O)[C@H]4CC=CC[C@@H]4C3=O)c2cc1C. The maximum Gasteiger partial charge on any atom is 0.336 e. The van der Waals surface area contributed by atoms with Gasteiger partial charge in [-0.1, -0.05) is 12.2 Å². The maximum atomic E-state index is 12.7. The van der Waals surface area contributed by atoms with Gasteiger partial charge >= 0.3 is 5.63 Å². The predicted octanol–water partition coefficient (Wildman–Crippen LogP) is 2.86. The van der Waals surface area contributed by atoms with E-state index in [1.54, 1.807) is 0 Å². The number of nitrogens with zero attached hydrogens (tertiary/aromatic N) is 1. The van der Waals surface area contributed by atoms with E-state index in [9.17, 15) is 14.4 Å². The first-order valence-electron chi connectivity index (χ1n) is 8.50. The molecular weight excluding hydrogens is 318 g/mol. The molecule has 1 aromatic heterocycles. The molecule has 0 N–H and O–H groups in total. The first-order valence-corrected chi connectivity index (χ1v) is 8.50. The van der Waals surface area contributed by atoms with Crippen LogP contribution in [0, 0.1) is 25.7 Å². The molecule has 0 spiro atoms. The van der Waals surface area contributed by atoms with Gasteiger partial charge in [0.05, 0.1) is 18.4 Å². The second kappa shape index (κ2) is 5.69. The number of carbonyl (C=O) groups excluding carboxylic acids is 2. The number of fused-ring (bicyclic) bond motifs is 2. The maximum absolute atomic E-state index is 12.7. The summed E-state index contributed by atoms with van der Waals surface area (Å²) in [6.45, 7) is 4.05. The van der Waals surface area contributed by atoms with Gasteiger partial charge in [-0.2, -0.15) is 0 Å². The summed E-state index contributed by atoms with van der Waals surface area (Å²) in [6.07, 6.45) is 5.16. The van der Waals surface area contributed by atoms with Crippen LogP contribution in [-0.2, 0) is 16.1 Å². The molecule has 0 radical (unpaired) electrons. The van der Waals surface area contributed by atoms with Crippen LogP contribution in [0.25, 0.3) is 11.0 Å². The van der Waals surface area contributed by atoms with Gasteiger partial charge in [-0.15, -0.1) is 0 Å². The van der Waals surface area contributed by atoms with Gasteiger partial charge in [0.15, 0.2) is 0 Å². The Morgan fingerprint density at radius 2 is 1.56 bits per heavy atom. The molecule has 0 bridgehead atoms. The van der Waals surface area contributed by atoms with Gasteiger partial charge in [-0.25, -0.2) is 4.79 Å². The lowest BCUT2D eigenvalue weighted by atomic mass is 9.85. The van der Waals surface area contributed by atoms with Gasteiger partial charge in [0.25, 0.3) is 0 Å². The van der Waals surface area contributed by atoms with Crippen molar-refractivity contribution in [1.82, 2.24) is 4.90 Å². The van der Waals surface area contributed by atoms with Crippen LogP contribution in [-0.4, -0.2) is 16.7 Å². The Bertz CT molecular complexity index is 959. The van der Waals surface area contributed by atoms with Crippen molar-refractivity contribution >= 4 is 22.8 Å². The van der Waals surface area contributed by atoms with Crippen LogP contribution in [0.4, 0.5) is 0 Å². The van der Waals surface area contributed by atoms with E-state index in [2.05, 4.69) is 0 Å². The van der Waals surface area contributed by atoms with Crippen LogP contribution in [0.15, 0.2) is 39.6 Å². The Labute approximate surface area is 144 Å². The summed E-state index contributed by atoms with van der Waals surface area (Å²) in [5.74, 6) is -0.783. The second-order valence-electron chi connectivity index (χ2n) is 6.94. The van der Waals surface area contributed by atoms with Gasteiger partial charge < -0.3 is 4.42 Å². The minimum absolute atomic E-state index is 0.120. The number of imide groups is 1. The highest BCUT2D eigenvalue weighted by atomic mass is 16.4. The zero-order valence-corrected chi connectivity index (χ0v) is 14.2. The van der Waals surface area contributed by atoms with Crippen molar-refractivity contribution in [3.8, 4) is 0 Å². The lowest BCUT2D eigenvalue weighted by molar-refractivity contribution is -0.140. The van der Waals surface area contributed by atoms with E-state index in [1.165, 1.54) is 11.0 Å². The second-order valence-corrected chi connectivity index (χ2v) is 6.94. The topological polar surface area (TPSA) is 67.6 Å². The van der Waals surface area contributed by atoms with Crippen molar-refractivity contribution in [3.63, 3.8) is 0 Å². The zero-order chi connectivity index (χ0) is 17.7. The van der Waals surface area contributed by atoms with Crippen molar-refractivity contribution < 1.29 is 14.0 Å². The van der Waals surface area contributed by atoms with E-state index < -0.39 is 5.63 Å². The lowest BCUT2D eigenvalue weighted by Gasteiger charge is -2.16. The van der Waals surface area contributed by atoms with Gasteiger partial charge in [0, 0.05) is 11.5 Å². The van der Waals surface area contributed by atoms with Crippen molar-refractivity contribution in [2.75, 3.05) is 0 Å². The van der Waals surface area contributed by atoms with E-state index >= 15 is 0 Å². The van der Waals surface area contributed by atoms with Crippen LogP contribution < -0.4 is 5.63 Å². The highest BCUT2D eigenvalue weighted by Crippen LogP contribution is 2.36. The van der Waals surface area contributed by atoms with E-state index in [0.717, 1.165) is 16.5 Å². The number of amides is 2. The fraction of sp³-hybridized carbons (Fsp3) is 0.350. The summed E-state index contributed by atoms with van der Waals surface area (Å²) >= 11 is 0. The summed E-state index contributed by atoms with van der Waals surface area (Å²) in [5.41, 5.74) is 2.77. The molecular formula is C20H19NO4. The molecule has 4 rings (SSSR count). The monoisotopic (exact) mass is 337 g/mol. The van der Waals surface area contributed by atoms with E-state index in [-0.39, 0.29) is 30.2 Å². The van der Waals surface area contributed by atoms with E-state index in [1.807, 2.05) is 38.1 Å². The number of hydrogen-bond donors (Lipinski definition) is 0. The molecule has 5 nitrogen and oxygen atoms in total. The summed E-state index contributed by atoms with van der Waals surface area (Å²) in [5, 5.41) is 0.774. The van der Waals surface area contributed by atoms with Gasteiger partial charge in [0.1, 0.15) is 5.58 Å². The van der Waals surface area contributed by atoms with Gasteiger partial charge in [-0.05, 0) is 55.5 Å². The molecule has 2 aliphatic rings. The number of hydrogen-bond acceptors (Lipinski definition) is 4. The minimum Gasteiger partial charge on any atom is -0.423 e. The highest BCUT2D eigenvalue weighted by molar-refractivity contribution is 6.05. The molecule has 25 heavy (non-hydrogen) atoms. The molecule has 5 heteroatoms. The van der Waals surface area contributed by atoms with Gasteiger partial charge in [-0.3, -0.25) is 14.5 Å². The molecule has 1 aliphatic heterocycles. The first kappa shape index (κ1) is 15.8. The van der Waals surface area contributed by atoms with Crippen LogP contribution in [0.1, 0.15) is 29.5 Å². The Balaban J connectivity index is 1.76. The van der Waals surface area contributed by atoms with Crippen molar-refractivity contribution in [1.29, 1.82) is 0 Å². The quantitative estimate of drug-likeness (QED) is 0.480. The Morgan fingerprint density at radius 3 is 2.20 bits per heavy atom. The van der Waals surface area contributed by atoms with Crippen molar-refractivity contribution in [2.45, 2.75) is 33.2 Å². The molecule has 1 aromatic carbocycles. The van der Waals surface area contributed by atoms with Gasteiger partial charge in [0.2, 0.25) is 11.8 Å². The van der Waals surface area contributed by atoms with Crippen LogP contribution in [0.3, 0.4) is 0 Å². The summed E-state index contributed by atoms with van der Waals surface area (Å²) in [4.78, 5) is 38.6. The predicted molar refractivity (Wildman–Crippen MR) is 92.9 cm³/mol. The fourth-order valence-electron chi connectivity index (χ4n) is 3.81. The molecule has 0 unspecified atom stereocenters. The molecule has 0 saturated carbocycles. The van der Waals surface area contributed by atoms with Crippen LogP contribution in [0.5, 0.6) is 0 Å². The number of allylic oxidation sites excluding steroid dienone is 2. The van der Waals surface area contributed by atoms with E-state index in [4.69, 9.17) is 4.42 Å². The fourth-order valence-corrected chi connectivity index (χ4v) is 3.81. The molecule has 2 aromatic rings.